The molecule has 0 saturated carbocycles. The van der Waals surface area contributed by atoms with E-state index in [-0.39, 0.29) is 12.5 Å². The van der Waals surface area contributed by atoms with Crippen molar-refractivity contribution < 1.29 is 5.11 Å². The van der Waals surface area contributed by atoms with Gasteiger partial charge in [0.2, 0.25) is 0 Å². The highest BCUT2D eigenvalue weighted by Gasteiger charge is 2.08. The second-order valence-corrected chi connectivity index (χ2v) is 3.82. The first-order valence-corrected chi connectivity index (χ1v) is 5.15. The van der Waals surface area contributed by atoms with Crippen LogP contribution in [0.3, 0.4) is 0 Å². The number of nitrogens with two attached hydrogens (primary N) is 1. The number of aliphatic hydroxyl groups excluding tert-OH is 1. The van der Waals surface area contributed by atoms with Crippen LogP contribution in [-0.4, -0.2) is 11.7 Å². The number of nitrogen functional groups attached to an aromatic ring is 1. The molecule has 3 N–H and O–H groups in total. The zero-order valence-electron chi connectivity index (χ0n) is 8.56. The van der Waals surface area contributed by atoms with Crippen molar-refractivity contribution in [3.8, 4) is 0 Å². The molecule has 0 bridgehead atoms. The summed E-state index contributed by atoms with van der Waals surface area (Å²) in [6, 6.07) is 7.85. The molecule has 1 aromatic rings. The molecule has 0 aromatic heterocycles. The summed E-state index contributed by atoms with van der Waals surface area (Å²) in [5.41, 5.74) is 8.80. The molecule has 2 heteroatoms. The molecule has 1 aromatic carbocycles. The van der Waals surface area contributed by atoms with Crippen molar-refractivity contribution >= 4 is 11.3 Å². The molecular formula is C13H15NO. The van der Waals surface area contributed by atoms with Gasteiger partial charge in [0.1, 0.15) is 0 Å². The highest BCUT2D eigenvalue weighted by molar-refractivity contribution is 5.75. The number of rotatable bonds is 2. The van der Waals surface area contributed by atoms with Crippen molar-refractivity contribution in [1.82, 2.24) is 0 Å². The van der Waals surface area contributed by atoms with E-state index in [2.05, 4.69) is 18.2 Å². The van der Waals surface area contributed by atoms with E-state index in [1.165, 1.54) is 11.1 Å². The minimum atomic E-state index is 0.224. The SMILES string of the molecule is Nc1ccc(C2=CCC(CO)C=C2)cc1. The second kappa shape index (κ2) is 4.32. The Bertz CT molecular complexity index is 390. The summed E-state index contributed by atoms with van der Waals surface area (Å²) in [7, 11) is 0. The Balaban J connectivity index is 2.17. The molecule has 1 unspecified atom stereocenters. The van der Waals surface area contributed by atoms with Crippen LogP contribution in [-0.2, 0) is 0 Å². The maximum Gasteiger partial charge on any atom is 0.0496 e. The molecule has 2 nitrogen and oxygen atoms in total. The number of benzene rings is 1. The third-order valence-electron chi connectivity index (χ3n) is 2.67. The van der Waals surface area contributed by atoms with Gasteiger partial charge < -0.3 is 10.8 Å². The maximum absolute atomic E-state index is 8.99. The van der Waals surface area contributed by atoms with Crippen molar-refractivity contribution in [2.75, 3.05) is 12.3 Å². The summed E-state index contributed by atoms with van der Waals surface area (Å²) < 4.78 is 0. The van der Waals surface area contributed by atoms with Crippen LogP contribution >= 0.6 is 0 Å². The third-order valence-corrected chi connectivity index (χ3v) is 2.67. The van der Waals surface area contributed by atoms with Gasteiger partial charge in [-0.3, -0.25) is 0 Å². The normalized spacial score (nSPS) is 20.1. The smallest absolute Gasteiger partial charge is 0.0496 e. The fourth-order valence-corrected chi connectivity index (χ4v) is 1.69. The molecule has 78 valence electrons. The van der Waals surface area contributed by atoms with Crippen LogP contribution in [0.5, 0.6) is 0 Å². The minimum absolute atomic E-state index is 0.224. The largest absolute Gasteiger partial charge is 0.399 e. The molecule has 1 atom stereocenters. The number of aliphatic hydroxyl groups is 1. The van der Waals surface area contributed by atoms with Gasteiger partial charge in [0.25, 0.3) is 0 Å². The van der Waals surface area contributed by atoms with E-state index in [4.69, 9.17) is 10.8 Å². The fourth-order valence-electron chi connectivity index (χ4n) is 1.69. The maximum atomic E-state index is 8.99. The van der Waals surface area contributed by atoms with Gasteiger partial charge in [0, 0.05) is 18.2 Å². The van der Waals surface area contributed by atoms with Gasteiger partial charge >= 0.3 is 0 Å². The van der Waals surface area contributed by atoms with E-state index in [9.17, 15) is 0 Å². The van der Waals surface area contributed by atoms with Crippen LogP contribution in [0, 0.1) is 5.92 Å². The van der Waals surface area contributed by atoms with Gasteiger partial charge in [-0.1, -0.05) is 30.4 Å². The summed E-state index contributed by atoms with van der Waals surface area (Å²) in [5.74, 6) is 0.280. The van der Waals surface area contributed by atoms with Crippen LogP contribution in [0.1, 0.15) is 12.0 Å². The van der Waals surface area contributed by atoms with Crippen molar-refractivity contribution in [2.24, 2.45) is 5.92 Å². The monoisotopic (exact) mass is 201 g/mol. The molecule has 0 aliphatic heterocycles. The Morgan fingerprint density at radius 2 is 2.00 bits per heavy atom. The molecule has 0 radical (unpaired) electrons. The Labute approximate surface area is 89.7 Å². The van der Waals surface area contributed by atoms with E-state index < -0.39 is 0 Å². The second-order valence-electron chi connectivity index (χ2n) is 3.82. The molecular weight excluding hydrogens is 186 g/mol. The van der Waals surface area contributed by atoms with Gasteiger partial charge in [0.15, 0.2) is 0 Å². The molecule has 1 aliphatic rings. The lowest BCUT2D eigenvalue weighted by Crippen LogP contribution is -2.04. The molecule has 0 amide bonds. The van der Waals surface area contributed by atoms with Crippen LogP contribution in [0.4, 0.5) is 5.69 Å². The first-order chi connectivity index (χ1) is 7.29. The topological polar surface area (TPSA) is 46.2 Å². The molecule has 0 spiro atoms. The molecule has 0 saturated heterocycles. The highest BCUT2D eigenvalue weighted by atomic mass is 16.3. The van der Waals surface area contributed by atoms with Gasteiger partial charge in [-0.15, -0.1) is 0 Å². The number of anilines is 1. The average Bonchev–Trinajstić information content (AvgIpc) is 2.30. The first kappa shape index (κ1) is 9.99. The van der Waals surface area contributed by atoms with E-state index in [0.29, 0.717) is 0 Å². The Morgan fingerprint density at radius 3 is 2.53 bits per heavy atom. The zero-order chi connectivity index (χ0) is 10.7. The van der Waals surface area contributed by atoms with Crippen LogP contribution in [0.25, 0.3) is 5.57 Å². The van der Waals surface area contributed by atoms with Crippen LogP contribution in [0.2, 0.25) is 0 Å². The molecule has 0 heterocycles. The fraction of sp³-hybridized carbons (Fsp3) is 0.231. The van der Waals surface area contributed by atoms with Crippen LogP contribution < -0.4 is 5.73 Å². The minimum Gasteiger partial charge on any atom is -0.399 e. The lowest BCUT2D eigenvalue weighted by Gasteiger charge is -2.13. The summed E-state index contributed by atoms with van der Waals surface area (Å²) in [5, 5.41) is 8.99. The predicted molar refractivity (Wildman–Crippen MR) is 63.2 cm³/mol. The molecule has 15 heavy (non-hydrogen) atoms. The molecule has 0 fully saturated rings. The van der Waals surface area contributed by atoms with Crippen molar-refractivity contribution in [3.63, 3.8) is 0 Å². The quantitative estimate of drug-likeness (QED) is 0.721. The Kier molecular flexibility index (Phi) is 2.88. The van der Waals surface area contributed by atoms with Crippen molar-refractivity contribution in [3.05, 3.63) is 48.1 Å². The van der Waals surface area contributed by atoms with Gasteiger partial charge in [0.05, 0.1) is 0 Å². The third kappa shape index (κ3) is 2.28. The van der Waals surface area contributed by atoms with Gasteiger partial charge in [-0.25, -0.2) is 0 Å². The van der Waals surface area contributed by atoms with E-state index in [0.717, 1.165) is 12.1 Å². The first-order valence-electron chi connectivity index (χ1n) is 5.15. The predicted octanol–water partition coefficient (Wildman–Crippen LogP) is 2.22. The number of hydrogen-bond donors (Lipinski definition) is 2. The van der Waals surface area contributed by atoms with Gasteiger partial charge in [-0.2, -0.15) is 0 Å². The lowest BCUT2D eigenvalue weighted by molar-refractivity contribution is 0.253. The van der Waals surface area contributed by atoms with Gasteiger partial charge in [-0.05, 0) is 29.7 Å². The number of hydrogen-bond acceptors (Lipinski definition) is 2. The number of allylic oxidation sites excluding steroid dienone is 3. The summed E-state index contributed by atoms with van der Waals surface area (Å²) in [4.78, 5) is 0. The lowest BCUT2D eigenvalue weighted by atomic mass is 9.93. The van der Waals surface area contributed by atoms with Crippen molar-refractivity contribution in [2.45, 2.75) is 6.42 Å². The Hall–Kier alpha value is -1.54. The van der Waals surface area contributed by atoms with Crippen molar-refractivity contribution in [1.29, 1.82) is 0 Å². The summed E-state index contributed by atoms with van der Waals surface area (Å²) in [6.45, 7) is 0.224. The van der Waals surface area contributed by atoms with Crippen LogP contribution in [0.15, 0.2) is 42.5 Å². The standard InChI is InChI=1S/C13H15NO/c14-13-7-5-12(6-8-13)11-3-1-10(9-15)2-4-11/h1,3-8,10,15H,2,9,14H2. The summed E-state index contributed by atoms with van der Waals surface area (Å²) >= 11 is 0. The summed E-state index contributed by atoms with van der Waals surface area (Å²) in [6.07, 6.45) is 7.20. The van der Waals surface area contributed by atoms with E-state index >= 15 is 0 Å². The average molecular weight is 201 g/mol. The Morgan fingerprint density at radius 1 is 1.27 bits per heavy atom. The van der Waals surface area contributed by atoms with E-state index in [1.54, 1.807) is 0 Å². The molecule has 1 aliphatic carbocycles. The highest BCUT2D eigenvalue weighted by Crippen LogP contribution is 2.24. The zero-order valence-corrected chi connectivity index (χ0v) is 8.56. The van der Waals surface area contributed by atoms with E-state index in [1.807, 2.05) is 24.3 Å². The molecule has 2 rings (SSSR count).